The van der Waals surface area contributed by atoms with E-state index in [-0.39, 0.29) is 6.04 Å². The van der Waals surface area contributed by atoms with Crippen LogP contribution in [0, 0.1) is 5.41 Å². The second-order valence-corrected chi connectivity index (χ2v) is 6.71. The highest BCUT2D eigenvalue weighted by Gasteiger charge is 2.26. The van der Waals surface area contributed by atoms with Gasteiger partial charge in [0.25, 0.3) is 0 Å². The molecule has 1 aliphatic heterocycles. The fraction of sp³-hybridized carbons (Fsp3) is 0.647. The van der Waals surface area contributed by atoms with Crippen LogP contribution < -0.4 is 10.2 Å². The molecule has 0 radical (unpaired) electrons. The van der Waals surface area contributed by atoms with Gasteiger partial charge in [0, 0.05) is 36.4 Å². The lowest BCUT2D eigenvalue weighted by Crippen LogP contribution is -2.40. The molecule has 1 saturated heterocycles. The first kappa shape index (κ1) is 15.2. The van der Waals surface area contributed by atoms with Crippen LogP contribution in [0.1, 0.15) is 52.1 Å². The van der Waals surface area contributed by atoms with Crippen molar-refractivity contribution < 1.29 is 5.11 Å². The molecule has 0 amide bonds. The van der Waals surface area contributed by atoms with E-state index in [1.54, 1.807) is 0 Å². The number of hydrogen-bond donors (Lipinski definition) is 2. The number of benzene rings is 1. The zero-order valence-electron chi connectivity index (χ0n) is 13.2. The van der Waals surface area contributed by atoms with Crippen LogP contribution in [0.5, 0.6) is 5.75 Å². The Hall–Kier alpha value is -1.22. The van der Waals surface area contributed by atoms with Crippen molar-refractivity contribution in [1.82, 2.24) is 5.32 Å². The largest absolute Gasteiger partial charge is 0.508 e. The van der Waals surface area contributed by atoms with Crippen LogP contribution in [0.25, 0.3) is 0 Å². The van der Waals surface area contributed by atoms with Gasteiger partial charge in [-0.15, -0.1) is 0 Å². The van der Waals surface area contributed by atoms with Crippen LogP contribution in [0.2, 0.25) is 0 Å². The molecular weight excluding hydrogens is 248 g/mol. The molecule has 2 rings (SSSR count). The van der Waals surface area contributed by atoms with E-state index < -0.39 is 0 Å². The number of anilines is 1. The van der Waals surface area contributed by atoms with Gasteiger partial charge in [-0.25, -0.2) is 0 Å². The second kappa shape index (κ2) is 6.04. The van der Waals surface area contributed by atoms with Gasteiger partial charge in [0.2, 0.25) is 0 Å². The zero-order chi connectivity index (χ0) is 14.8. The summed E-state index contributed by atoms with van der Waals surface area (Å²) in [5, 5.41) is 13.6. The molecule has 1 atom stereocenters. The zero-order valence-corrected chi connectivity index (χ0v) is 13.2. The maximum Gasteiger partial charge on any atom is 0.122 e. The smallest absolute Gasteiger partial charge is 0.122 e. The Labute approximate surface area is 123 Å². The average Bonchev–Trinajstić information content (AvgIpc) is 2.37. The molecule has 1 unspecified atom stereocenters. The molecule has 1 fully saturated rings. The summed E-state index contributed by atoms with van der Waals surface area (Å²) in [6.07, 6.45) is 2.51. The normalized spacial score (nSPS) is 19.9. The molecule has 0 bridgehead atoms. The van der Waals surface area contributed by atoms with Gasteiger partial charge >= 0.3 is 0 Å². The Bertz CT molecular complexity index is 456. The van der Waals surface area contributed by atoms with E-state index in [9.17, 15) is 5.11 Å². The Morgan fingerprint density at radius 3 is 2.75 bits per heavy atom. The minimum absolute atomic E-state index is 0.187. The maximum atomic E-state index is 10.3. The van der Waals surface area contributed by atoms with Crippen molar-refractivity contribution in [3.63, 3.8) is 0 Å². The Balaban J connectivity index is 2.16. The third-order valence-electron chi connectivity index (χ3n) is 4.26. The van der Waals surface area contributed by atoms with E-state index in [0.717, 1.165) is 30.9 Å². The number of hydrogen-bond acceptors (Lipinski definition) is 3. The van der Waals surface area contributed by atoms with Crippen LogP contribution in [0.4, 0.5) is 5.69 Å². The van der Waals surface area contributed by atoms with E-state index in [1.165, 1.54) is 12.8 Å². The van der Waals surface area contributed by atoms with E-state index in [2.05, 4.69) is 50.0 Å². The number of nitrogens with one attached hydrogen (secondary N) is 1. The lowest BCUT2D eigenvalue weighted by Gasteiger charge is -2.39. The Morgan fingerprint density at radius 1 is 1.40 bits per heavy atom. The van der Waals surface area contributed by atoms with Gasteiger partial charge in [-0.2, -0.15) is 0 Å². The highest BCUT2D eigenvalue weighted by atomic mass is 16.3. The van der Waals surface area contributed by atoms with Crippen LogP contribution in [0.3, 0.4) is 0 Å². The second-order valence-electron chi connectivity index (χ2n) is 6.71. The van der Waals surface area contributed by atoms with Gasteiger partial charge in [0.1, 0.15) is 5.75 Å². The summed E-state index contributed by atoms with van der Waals surface area (Å²) < 4.78 is 0. The summed E-state index contributed by atoms with van der Waals surface area (Å²) in [7, 11) is 0. The molecule has 20 heavy (non-hydrogen) atoms. The molecule has 0 saturated carbocycles. The van der Waals surface area contributed by atoms with Crippen molar-refractivity contribution in [3.8, 4) is 5.75 Å². The fourth-order valence-corrected chi connectivity index (χ4v) is 3.15. The molecule has 3 heteroatoms. The quantitative estimate of drug-likeness (QED) is 0.880. The summed E-state index contributed by atoms with van der Waals surface area (Å²) in [5.74, 6) is 0.402. The average molecular weight is 276 g/mol. The molecule has 0 spiro atoms. The SMILES string of the molecule is CCNC(C)c1ccc(N2CCCC(C)(C)C2)cc1O. The lowest BCUT2D eigenvalue weighted by molar-refractivity contribution is 0.293. The van der Waals surface area contributed by atoms with Crippen molar-refractivity contribution in [2.45, 2.75) is 46.6 Å². The predicted octanol–water partition coefficient (Wildman–Crippen LogP) is 3.69. The summed E-state index contributed by atoms with van der Waals surface area (Å²) >= 11 is 0. The fourth-order valence-electron chi connectivity index (χ4n) is 3.15. The highest BCUT2D eigenvalue weighted by molar-refractivity contribution is 5.54. The molecule has 2 N–H and O–H groups in total. The Morgan fingerprint density at radius 2 is 2.15 bits per heavy atom. The van der Waals surface area contributed by atoms with E-state index in [4.69, 9.17) is 0 Å². The number of phenolic OH excluding ortho intramolecular Hbond substituents is 1. The summed E-state index contributed by atoms with van der Waals surface area (Å²) in [6.45, 7) is 11.9. The molecule has 3 nitrogen and oxygen atoms in total. The van der Waals surface area contributed by atoms with Crippen molar-refractivity contribution in [1.29, 1.82) is 0 Å². The molecule has 1 aliphatic rings. The van der Waals surface area contributed by atoms with Gasteiger partial charge in [0.15, 0.2) is 0 Å². The monoisotopic (exact) mass is 276 g/mol. The molecule has 1 heterocycles. The maximum absolute atomic E-state index is 10.3. The first-order valence-electron chi connectivity index (χ1n) is 7.74. The number of rotatable bonds is 4. The van der Waals surface area contributed by atoms with Crippen molar-refractivity contribution in [3.05, 3.63) is 23.8 Å². The van der Waals surface area contributed by atoms with Crippen LogP contribution in [-0.2, 0) is 0 Å². The summed E-state index contributed by atoms with van der Waals surface area (Å²) in [4.78, 5) is 2.39. The van der Waals surface area contributed by atoms with Gasteiger partial charge in [-0.1, -0.05) is 26.8 Å². The van der Waals surface area contributed by atoms with Crippen LogP contribution >= 0.6 is 0 Å². The molecule has 1 aromatic carbocycles. The highest BCUT2D eigenvalue weighted by Crippen LogP contribution is 2.34. The summed E-state index contributed by atoms with van der Waals surface area (Å²) in [5.41, 5.74) is 2.48. The predicted molar refractivity (Wildman–Crippen MR) is 85.4 cm³/mol. The molecule has 112 valence electrons. The van der Waals surface area contributed by atoms with Crippen LogP contribution in [0.15, 0.2) is 18.2 Å². The molecule has 0 aromatic heterocycles. The topological polar surface area (TPSA) is 35.5 Å². The van der Waals surface area contributed by atoms with Crippen molar-refractivity contribution >= 4 is 5.69 Å². The molecular formula is C17H28N2O. The standard InChI is InChI=1S/C17H28N2O/c1-5-18-13(2)15-8-7-14(11-16(15)20)19-10-6-9-17(3,4)12-19/h7-8,11,13,18,20H,5-6,9-10,12H2,1-4H3. The van der Waals surface area contributed by atoms with Crippen LogP contribution in [-0.4, -0.2) is 24.7 Å². The van der Waals surface area contributed by atoms with Crippen molar-refractivity contribution in [2.75, 3.05) is 24.5 Å². The number of piperidine rings is 1. The van der Waals surface area contributed by atoms with Crippen molar-refractivity contribution in [2.24, 2.45) is 5.41 Å². The van der Waals surface area contributed by atoms with E-state index >= 15 is 0 Å². The minimum atomic E-state index is 0.187. The number of phenols is 1. The third-order valence-corrected chi connectivity index (χ3v) is 4.26. The van der Waals surface area contributed by atoms with E-state index in [1.807, 2.05) is 6.07 Å². The minimum Gasteiger partial charge on any atom is -0.508 e. The summed E-state index contributed by atoms with van der Waals surface area (Å²) in [6, 6.07) is 6.31. The first-order chi connectivity index (χ1) is 9.43. The lowest BCUT2D eigenvalue weighted by atomic mass is 9.84. The first-order valence-corrected chi connectivity index (χ1v) is 7.74. The molecule has 1 aromatic rings. The van der Waals surface area contributed by atoms with Gasteiger partial charge < -0.3 is 15.3 Å². The Kier molecular flexibility index (Phi) is 4.59. The van der Waals surface area contributed by atoms with Gasteiger partial charge in [-0.05, 0) is 37.8 Å². The number of aromatic hydroxyl groups is 1. The van der Waals surface area contributed by atoms with Gasteiger partial charge in [0.05, 0.1) is 0 Å². The number of nitrogens with zero attached hydrogens (tertiary/aromatic N) is 1. The van der Waals surface area contributed by atoms with Gasteiger partial charge in [-0.3, -0.25) is 0 Å². The van der Waals surface area contributed by atoms with E-state index in [0.29, 0.717) is 11.2 Å². The molecule has 0 aliphatic carbocycles. The third kappa shape index (κ3) is 3.45.